The van der Waals surface area contributed by atoms with Crippen molar-refractivity contribution in [3.63, 3.8) is 0 Å². The summed E-state index contributed by atoms with van der Waals surface area (Å²) >= 11 is 0. The van der Waals surface area contributed by atoms with E-state index in [1.165, 1.54) is 11.9 Å². The first-order valence-corrected chi connectivity index (χ1v) is 6.42. The molecule has 0 aromatic heterocycles. The lowest BCUT2D eigenvalue weighted by Gasteiger charge is -2.24. The van der Waals surface area contributed by atoms with Crippen LogP contribution in [0.2, 0.25) is 0 Å². The van der Waals surface area contributed by atoms with Gasteiger partial charge in [-0.15, -0.1) is 0 Å². The van der Waals surface area contributed by atoms with Gasteiger partial charge in [-0.3, -0.25) is 4.79 Å². The number of piperidine rings is 1. The van der Waals surface area contributed by atoms with Crippen molar-refractivity contribution < 1.29 is 18.0 Å². The molecule has 1 aliphatic heterocycles. The molecular weight excluding hydrogens is 245 g/mol. The van der Waals surface area contributed by atoms with E-state index in [4.69, 9.17) is 0 Å². The molecule has 1 saturated heterocycles. The van der Waals surface area contributed by atoms with Crippen molar-refractivity contribution in [2.24, 2.45) is 0 Å². The molecule has 0 radical (unpaired) electrons. The van der Waals surface area contributed by atoms with Crippen molar-refractivity contribution in [2.45, 2.75) is 50.7 Å². The first kappa shape index (κ1) is 15.3. The molecule has 0 aromatic rings. The predicted molar refractivity (Wildman–Crippen MR) is 63.2 cm³/mol. The highest BCUT2D eigenvalue weighted by Crippen LogP contribution is 2.20. The number of carbonyl (C=O) groups excluding carboxylic acids is 1. The van der Waals surface area contributed by atoms with E-state index < -0.39 is 12.6 Å². The van der Waals surface area contributed by atoms with E-state index in [2.05, 4.69) is 5.32 Å². The minimum Gasteiger partial charge on any atom is -0.345 e. The van der Waals surface area contributed by atoms with Gasteiger partial charge in [0.25, 0.3) is 0 Å². The number of amides is 1. The van der Waals surface area contributed by atoms with Crippen molar-refractivity contribution in [3.05, 3.63) is 0 Å². The third-order valence-electron chi connectivity index (χ3n) is 3.28. The fraction of sp³-hybridized carbons (Fsp3) is 0.917. The zero-order valence-corrected chi connectivity index (χ0v) is 10.7. The van der Waals surface area contributed by atoms with Crippen LogP contribution < -0.4 is 5.32 Å². The maximum Gasteiger partial charge on any atom is 0.390 e. The average molecular weight is 266 g/mol. The SMILES string of the molecule is CN(CCC(F)(F)F)C(=O)CCC1CCCCN1. The van der Waals surface area contributed by atoms with Gasteiger partial charge in [0.1, 0.15) is 0 Å². The van der Waals surface area contributed by atoms with Gasteiger partial charge in [0.2, 0.25) is 5.91 Å². The van der Waals surface area contributed by atoms with Gasteiger partial charge in [-0.1, -0.05) is 6.42 Å². The Morgan fingerprint density at radius 3 is 2.67 bits per heavy atom. The third-order valence-corrected chi connectivity index (χ3v) is 3.28. The number of halogens is 3. The highest BCUT2D eigenvalue weighted by Gasteiger charge is 2.28. The number of hydrogen-bond acceptors (Lipinski definition) is 2. The van der Waals surface area contributed by atoms with Crippen molar-refractivity contribution >= 4 is 5.91 Å². The van der Waals surface area contributed by atoms with Crippen LogP contribution in [0.4, 0.5) is 13.2 Å². The molecule has 1 heterocycles. The molecule has 1 N–H and O–H groups in total. The van der Waals surface area contributed by atoms with Gasteiger partial charge in [-0.2, -0.15) is 13.2 Å². The molecule has 1 unspecified atom stereocenters. The second kappa shape index (κ2) is 6.97. The molecule has 1 amide bonds. The lowest BCUT2D eigenvalue weighted by atomic mass is 10.0. The van der Waals surface area contributed by atoms with E-state index in [9.17, 15) is 18.0 Å². The molecule has 0 saturated carbocycles. The Hall–Kier alpha value is -0.780. The standard InChI is InChI=1S/C12H21F3N2O/c1-17(9-7-12(13,14)15)11(18)6-5-10-4-2-3-8-16-10/h10,16H,2-9H2,1H3. The normalized spacial score (nSPS) is 20.8. The zero-order valence-electron chi connectivity index (χ0n) is 10.7. The minimum atomic E-state index is -4.19. The van der Waals surface area contributed by atoms with Crippen LogP contribution in [0.5, 0.6) is 0 Å². The van der Waals surface area contributed by atoms with Crippen LogP contribution >= 0.6 is 0 Å². The highest BCUT2D eigenvalue weighted by molar-refractivity contribution is 5.75. The van der Waals surface area contributed by atoms with E-state index in [0.717, 1.165) is 32.2 Å². The first-order chi connectivity index (χ1) is 8.38. The molecule has 106 valence electrons. The van der Waals surface area contributed by atoms with Crippen molar-refractivity contribution in [2.75, 3.05) is 20.1 Å². The Labute approximate surface area is 106 Å². The molecule has 0 spiro atoms. The molecule has 1 fully saturated rings. The van der Waals surface area contributed by atoms with Crippen LogP contribution in [-0.2, 0) is 4.79 Å². The summed E-state index contributed by atoms with van der Waals surface area (Å²) in [5.41, 5.74) is 0. The minimum absolute atomic E-state index is 0.202. The Morgan fingerprint density at radius 2 is 2.11 bits per heavy atom. The van der Waals surface area contributed by atoms with E-state index >= 15 is 0 Å². The summed E-state index contributed by atoms with van der Waals surface area (Å²) in [6.07, 6.45) is -0.706. The van der Waals surface area contributed by atoms with E-state index in [0.29, 0.717) is 12.5 Å². The number of nitrogens with zero attached hydrogens (tertiary/aromatic N) is 1. The van der Waals surface area contributed by atoms with Crippen molar-refractivity contribution in [3.8, 4) is 0 Å². The van der Waals surface area contributed by atoms with Gasteiger partial charge in [-0.25, -0.2) is 0 Å². The fourth-order valence-electron chi connectivity index (χ4n) is 2.08. The lowest BCUT2D eigenvalue weighted by Crippen LogP contribution is -2.36. The molecule has 1 rings (SSSR count). The summed E-state index contributed by atoms with van der Waals surface area (Å²) < 4.78 is 36.0. The molecule has 0 bridgehead atoms. The third kappa shape index (κ3) is 6.23. The van der Waals surface area contributed by atoms with Crippen LogP contribution in [0.25, 0.3) is 0 Å². The summed E-state index contributed by atoms with van der Waals surface area (Å²) in [6.45, 7) is 0.725. The summed E-state index contributed by atoms with van der Waals surface area (Å²) in [4.78, 5) is 12.8. The van der Waals surface area contributed by atoms with E-state index in [-0.39, 0.29) is 12.5 Å². The van der Waals surface area contributed by atoms with Gasteiger partial charge in [0.15, 0.2) is 0 Å². The molecule has 1 aliphatic rings. The molecule has 18 heavy (non-hydrogen) atoms. The second-order valence-electron chi connectivity index (χ2n) is 4.87. The summed E-state index contributed by atoms with van der Waals surface area (Å²) in [5, 5.41) is 3.32. The maximum atomic E-state index is 12.0. The number of carbonyl (C=O) groups is 1. The topological polar surface area (TPSA) is 32.3 Å². The van der Waals surface area contributed by atoms with Gasteiger partial charge in [-0.05, 0) is 25.8 Å². The Bertz CT molecular complexity index is 263. The van der Waals surface area contributed by atoms with Gasteiger partial charge < -0.3 is 10.2 Å². The summed E-state index contributed by atoms with van der Waals surface area (Å²) in [5.74, 6) is -0.202. The molecule has 0 aromatic carbocycles. The summed E-state index contributed by atoms with van der Waals surface area (Å²) in [7, 11) is 1.43. The van der Waals surface area contributed by atoms with Crippen molar-refractivity contribution in [1.29, 1.82) is 0 Å². The Kier molecular flexibility index (Phi) is 5.91. The predicted octanol–water partition coefficient (Wildman–Crippen LogP) is 2.32. The number of nitrogens with one attached hydrogen (secondary N) is 1. The molecule has 6 heteroatoms. The largest absolute Gasteiger partial charge is 0.390 e. The van der Waals surface area contributed by atoms with Gasteiger partial charge in [0.05, 0.1) is 6.42 Å². The quantitative estimate of drug-likeness (QED) is 0.828. The van der Waals surface area contributed by atoms with Crippen molar-refractivity contribution in [1.82, 2.24) is 10.2 Å². The smallest absolute Gasteiger partial charge is 0.345 e. The van der Waals surface area contributed by atoms with Gasteiger partial charge in [0, 0.05) is 26.1 Å². The first-order valence-electron chi connectivity index (χ1n) is 6.42. The lowest BCUT2D eigenvalue weighted by molar-refractivity contribution is -0.144. The zero-order chi connectivity index (χ0) is 13.6. The fourth-order valence-corrected chi connectivity index (χ4v) is 2.08. The van der Waals surface area contributed by atoms with Crippen LogP contribution in [0, 0.1) is 0 Å². The Morgan fingerprint density at radius 1 is 1.39 bits per heavy atom. The van der Waals surface area contributed by atoms with Gasteiger partial charge >= 0.3 is 6.18 Å². The average Bonchev–Trinajstić information content (AvgIpc) is 2.33. The number of hydrogen-bond donors (Lipinski definition) is 1. The second-order valence-corrected chi connectivity index (χ2v) is 4.87. The van der Waals surface area contributed by atoms with Crippen LogP contribution in [0.3, 0.4) is 0 Å². The number of rotatable bonds is 5. The molecule has 1 atom stereocenters. The molecular formula is C12H21F3N2O. The number of alkyl halides is 3. The summed E-state index contributed by atoms with van der Waals surface area (Å²) in [6, 6.07) is 0.346. The van der Waals surface area contributed by atoms with Crippen LogP contribution in [0.1, 0.15) is 38.5 Å². The van der Waals surface area contributed by atoms with E-state index in [1.54, 1.807) is 0 Å². The Balaban J connectivity index is 2.18. The van der Waals surface area contributed by atoms with E-state index in [1.807, 2.05) is 0 Å². The molecule has 0 aliphatic carbocycles. The monoisotopic (exact) mass is 266 g/mol. The highest BCUT2D eigenvalue weighted by atomic mass is 19.4. The van der Waals surface area contributed by atoms with Crippen LogP contribution in [0.15, 0.2) is 0 Å². The maximum absolute atomic E-state index is 12.0. The molecule has 3 nitrogen and oxygen atoms in total. The van der Waals surface area contributed by atoms with Crippen LogP contribution in [-0.4, -0.2) is 43.2 Å².